The third-order valence-corrected chi connectivity index (χ3v) is 4.58. The van der Waals surface area contributed by atoms with Gasteiger partial charge in [-0.1, -0.05) is 48.6 Å². The van der Waals surface area contributed by atoms with Gasteiger partial charge in [-0.15, -0.1) is 10.2 Å². The largest absolute Gasteiger partial charge is 0.310 e. The third-order valence-electron chi connectivity index (χ3n) is 3.52. The van der Waals surface area contributed by atoms with Crippen LogP contribution in [0.5, 0.6) is 0 Å². The fourth-order valence-electron chi connectivity index (χ4n) is 2.40. The molecule has 3 nitrogen and oxygen atoms in total. The van der Waals surface area contributed by atoms with Crippen molar-refractivity contribution >= 4 is 11.3 Å². The molecule has 2 atom stereocenters. The van der Waals surface area contributed by atoms with Crippen LogP contribution in [0.1, 0.15) is 47.2 Å². The van der Waals surface area contributed by atoms with Crippen LogP contribution in [0.2, 0.25) is 0 Å². The normalized spacial score (nSPS) is 21.5. The van der Waals surface area contributed by atoms with Crippen LogP contribution in [0, 0.1) is 0 Å². The lowest BCUT2D eigenvalue weighted by Crippen LogP contribution is -2.13. The minimum Gasteiger partial charge on any atom is -0.310 e. The molecule has 0 saturated heterocycles. The summed E-state index contributed by atoms with van der Waals surface area (Å²) in [4.78, 5) is 0. The summed E-state index contributed by atoms with van der Waals surface area (Å²) in [6.45, 7) is 4.08. The summed E-state index contributed by atoms with van der Waals surface area (Å²) in [5.74, 6) is 1.26. The molecule has 0 spiro atoms. The molecule has 3 rings (SSSR count). The van der Waals surface area contributed by atoms with Gasteiger partial charge in [-0.25, -0.2) is 0 Å². The highest BCUT2D eigenvalue weighted by Gasteiger charge is 2.41. The molecule has 1 aromatic carbocycles. The number of rotatable bonds is 6. The minimum atomic E-state index is 0.597. The monoisotopic (exact) mass is 273 g/mol. The molecule has 0 amide bonds. The summed E-state index contributed by atoms with van der Waals surface area (Å²) >= 11 is 1.77. The lowest BCUT2D eigenvalue weighted by atomic mass is 10.1. The molecule has 19 heavy (non-hydrogen) atoms. The number of nitrogens with one attached hydrogen (secondary N) is 1. The summed E-state index contributed by atoms with van der Waals surface area (Å²) in [5.41, 5.74) is 1.44. The van der Waals surface area contributed by atoms with Gasteiger partial charge in [-0.2, -0.15) is 0 Å². The van der Waals surface area contributed by atoms with Crippen LogP contribution in [0.3, 0.4) is 0 Å². The van der Waals surface area contributed by atoms with Crippen LogP contribution >= 0.6 is 11.3 Å². The van der Waals surface area contributed by atoms with Crippen molar-refractivity contribution in [3.63, 3.8) is 0 Å². The highest BCUT2D eigenvalue weighted by Crippen LogP contribution is 2.55. The maximum Gasteiger partial charge on any atom is 0.131 e. The van der Waals surface area contributed by atoms with Crippen molar-refractivity contribution in [3.8, 4) is 0 Å². The number of aromatic nitrogens is 2. The second-order valence-corrected chi connectivity index (χ2v) is 6.16. The first-order valence-electron chi connectivity index (χ1n) is 6.96. The van der Waals surface area contributed by atoms with Crippen LogP contribution in [0.4, 0.5) is 0 Å². The van der Waals surface area contributed by atoms with Crippen molar-refractivity contribution in [1.82, 2.24) is 15.5 Å². The van der Waals surface area contributed by atoms with Crippen molar-refractivity contribution < 1.29 is 0 Å². The second kappa shape index (κ2) is 5.80. The lowest BCUT2D eigenvalue weighted by Gasteiger charge is -1.97. The maximum atomic E-state index is 4.36. The van der Waals surface area contributed by atoms with Crippen molar-refractivity contribution in [2.24, 2.45) is 0 Å². The van der Waals surface area contributed by atoms with E-state index in [4.69, 9.17) is 0 Å². The predicted octanol–water partition coefficient (Wildman–Crippen LogP) is 3.31. The average molecular weight is 273 g/mol. The Labute approximate surface area is 118 Å². The van der Waals surface area contributed by atoms with Crippen molar-refractivity contribution in [1.29, 1.82) is 0 Å². The first-order chi connectivity index (χ1) is 9.38. The molecule has 1 heterocycles. The summed E-state index contributed by atoms with van der Waals surface area (Å²) in [7, 11) is 0. The predicted molar refractivity (Wildman–Crippen MR) is 78.4 cm³/mol. The molecule has 1 aliphatic carbocycles. The lowest BCUT2D eigenvalue weighted by molar-refractivity contribution is 0.667. The molecule has 1 saturated carbocycles. The molecule has 1 aliphatic rings. The molecule has 0 radical (unpaired) electrons. The zero-order chi connectivity index (χ0) is 13.1. The summed E-state index contributed by atoms with van der Waals surface area (Å²) in [5, 5.41) is 14.3. The Morgan fingerprint density at radius 2 is 2.05 bits per heavy atom. The van der Waals surface area contributed by atoms with Crippen LogP contribution in [0.15, 0.2) is 30.3 Å². The molecule has 1 aromatic heterocycles. The molecule has 4 heteroatoms. The van der Waals surface area contributed by atoms with Crippen LogP contribution < -0.4 is 5.32 Å². The summed E-state index contributed by atoms with van der Waals surface area (Å²) in [6, 6.07) is 10.7. The third kappa shape index (κ3) is 3.01. The van der Waals surface area contributed by atoms with E-state index in [1.54, 1.807) is 11.3 Å². The quantitative estimate of drug-likeness (QED) is 0.821. The Balaban J connectivity index is 1.59. The Morgan fingerprint density at radius 1 is 1.21 bits per heavy atom. The Morgan fingerprint density at radius 3 is 2.84 bits per heavy atom. The highest BCUT2D eigenvalue weighted by atomic mass is 32.1. The number of nitrogens with zero attached hydrogens (tertiary/aromatic N) is 2. The first kappa shape index (κ1) is 12.8. The van der Waals surface area contributed by atoms with Crippen molar-refractivity contribution in [2.75, 3.05) is 6.54 Å². The molecule has 1 N–H and O–H groups in total. The number of hydrogen-bond donors (Lipinski definition) is 1. The smallest absolute Gasteiger partial charge is 0.131 e. The van der Waals surface area contributed by atoms with Gasteiger partial charge < -0.3 is 5.32 Å². The zero-order valence-corrected chi connectivity index (χ0v) is 12.0. The number of hydrogen-bond acceptors (Lipinski definition) is 4. The van der Waals surface area contributed by atoms with Gasteiger partial charge in [0.25, 0.3) is 0 Å². The van der Waals surface area contributed by atoms with Gasteiger partial charge in [0.05, 0.1) is 0 Å². The van der Waals surface area contributed by atoms with Crippen molar-refractivity contribution in [2.45, 2.75) is 38.1 Å². The van der Waals surface area contributed by atoms with Gasteiger partial charge in [-0.05, 0) is 30.9 Å². The summed E-state index contributed by atoms with van der Waals surface area (Å²) in [6.07, 6.45) is 2.38. The van der Waals surface area contributed by atoms with E-state index in [1.165, 1.54) is 17.0 Å². The van der Waals surface area contributed by atoms with E-state index in [9.17, 15) is 0 Å². The standard InChI is InChI=1S/C15H19N3S/c1-2-8-16-10-14-17-18-15(19-14)13-9-12(13)11-6-4-3-5-7-11/h3-7,12-13,16H,2,8-10H2,1H3. The van der Waals surface area contributed by atoms with Gasteiger partial charge in [0.15, 0.2) is 0 Å². The van der Waals surface area contributed by atoms with Crippen LogP contribution in [-0.4, -0.2) is 16.7 Å². The van der Waals surface area contributed by atoms with E-state index < -0.39 is 0 Å². The molecule has 0 bridgehead atoms. The molecule has 100 valence electrons. The molecular formula is C15H19N3S. The van der Waals surface area contributed by atoms with E-state index in [1.807, 2.05) is 0 Å². The zero-order valence-electron chi connectivity index (χ0n) is 11.2. The SMILES string of the molecule is CCCNCc1nnc(C2CC2c2ccccc2)s1. The molecular weight excluding hydrogens is 254 g/mol. The molecule has 2 aromatic rings. The fourth-order valence-corrected chi connectivity index (χ4v) is 3.39. The minimum absolute atomic E-state index is 0.597. The molecule has 0 aliphatic heterocycles. The van der Waals surface area contributed by atoms with Crippen LogP contribution in [0.25, 0.3) is 0 Å². The second-order valence-electron chi connectivity index (χ2n) is 5.07. The Hall–Kier alpha value is -1.26. The van der Waals surface area contributed by atoms with Gasteiger partial charge in [0.1, 0.15) is 10.0 Å². The van der Waals surface area contributed by atoms with Crippen LogP contribution in [-0.2, 0) is 6.54 Å². The Bertz CT molecular complexity index is 523. The molecule has 1 fully saturated rings. The van der Waals surface area contributed by atoms with E-state index in [0.29, 0.717) is 11.8 Å². The maximum absolute atomic E-state index is 4.36. The van der Waals surface area contributed by atoms with E-state index in [-0.39, 0.29) is 0 Å². The van der Waals surface area contributed by atoms with E-state index >= 15 is 0 Å². The van der Waals surface area contributed by atoms with E-state index in [0.717, 1.165) is 24.5 Å². The number of benzene rings is 1. The molecule has 2 unspecified atom stereocenters. The van der Waals surface area contributed by atoms with Crippen molar-refractivity contribution in [3.05, 3.63) is 45.9 Å². The van der Waals surface area contributed by atoms with Gasteiger partial charge in [-0.3, -0.25) is 0 Å². The first-order valence-corrected chi connectivity index (χ1v) is 7.78. The van der Waals surface area contributed by atoms with Gasteiger partial charge in [0.2, 0.25) is 0 Å². The fraction of sp³-hybridized carbons (Fsp3) is 0.467. The summed E-state index contributed by atoms with van der Waals surface area (Å²) < 4.78 is 0. The highest BCUT2D eigenvalue weighted by molar-refractivity contribution is 7.11. The van der Waals surface area contributed by atoms with Gasteiger partial charge in [0, 0.05) is 12.5 Å². The van der Waals surface area contributed by atoms with Gasteiger partial charge >= 0.3 is 0 Å². The topological polar surface area (TPSA) is 37.8 Å². The Kier molecular flexibility index (Phi) is 3.89. The average Bonchev–Trinajstić information content (AvgIpc) is 3.12. The van der Waals surface area contributed by atoms with E-state index in [2.05, 4.69) is 52.8 Å².